The van der Waals surface area contributed by atoms with Crippen LogP contribution in [0.25, 0.3) is 0 Å². The minimum absolute atomic E-state index is 0.298. The predicted molar refractivity (Wildman–Crippen MR) is 52.2 cm³/mol. The van der Waals surface area contributed by atoms with Gasteiger partial charge >= 0.3 is 0 Å². The first-order valence-corrected chi connectivity index (χ1v) is 5.60. The van der Waals surface area contributed by atoms with Gasteiger partial charge < -0.3 is 10.2 Å². The van der Waals surface area contributed by atoms with Gasteiger partial charge in [-0.05, 0) is 0 Å². The Labute approximate surface area is 81.5 Å². The molecule has 0 aromatic rings. The molecule has 3 aliphatic rings. The second-order valence-corrected chi connectivity index (χ2v) is 5.28. The van der Waals surface area contributed by atoms with E-state index >= 15 is 0 Å². The molecular weight excluding hydrogens is 184 g/mol. The number of rotatable bonds is 2. The lowest BCUT2D eigenvalue weighted by Crippen LogP contribution is -2.46. The highest BCUT2D eigenvalue weighted by molar-refractivity contribution is 8.03. The molecule has 2 saturated heterocycles. The average Bonchev–Trinajstić information content (AvgIpc) is 2.35. The SMILES string of the molecule is O=C1C[C@H]2CC(SC3CNC3)=CN12. The number of nitrogens with zero attached hydrogens (tertiary/aromatic N) is 1. The number of fused-ring (bicyclic) bond motifs is 1. The Bertz CT molecular complexity index is 285. The maximum absolute atomic E-state index is 11.1. The molecule has 2 fully saturated rings. The van der Waals surface area contributed by atoms with Crippen LogP contribution >= 0.6 is 11.8 Å². The third-order valence-corrected chi connectivity index (χ3v) is 4.12. The highest BCUT2D eigenvalue weighted by Gasteiger charge is 2.40. The van der Waals surface area contributed by atoms with Crippen LogP contribution in [0, 0.1) is 0 Å². The topological polar surface area (TPSA) is 32.3 Å². The smallest absolute Gasteiger partial charge is 0.228 e. The van der Waals surface area contributed by atoms with Crippen molar-refractivity contribution < 1.29 is 4.79 Å². The zero-order chi connectivity index (χ0) is 8.84. The maximum atomic E-state index is 11.1. The Kier molecular flexibility index (Phi) is 1.67. The fraction of sp³-hybridized carbons (Fsp3) is 0.667. The molecule has 13 heavy (non-hydrogen) atoms. The number of hydrogen-bond acceptors (Lipinski definition) is 3. The molecule has 3 rings (SSSR count). The predicted octanol–water partition coefficient (Wildman–Crippen LogP) is 0.537. The van der Waals surface area contributed by atoms with Crippen molar-refractivity contribution in [3.8, 4) is 0 Å². The minimum atomic E-state index is 0.298. The Morgan fingerprint density at radius 3 is 2.85 bits per heavy atom. The van der Waals surface area contributed by atoms with Crippen LogP contribution in [0.4, 0.5) is 0 Å². The first kappa shape index (κ1) is 7.88. The van der Waals surface area contributed by atoms with Gasteiger partial charge in [-0.1, -0.05) is 0 Å². The van der Waals surface area contributed by atoms with Gasteiger partial charge in [0.15, 0.2) is 0 Å². The van der Waals surface area contributed by atoms with Gasteiger partial charge in [0, 0.05) is 48.3 Å². The molecule has 0 bridgehead atoms. The molecule has 0 unspecified atom stereocenters. The number of thioether (sulfide) groups is 1. The standard InChI is InChI=1S/C9H12N2OS/c12-9-2-6-1-7(5-11(6)9)13-8-3-10-4-8/h5-6,8,10H,1-4H2/t6-/m1/s1. The third kappa shape index (κ3) is 1.20. The summed E-state index contributed by atoms with van der Waals surface area (Å²) in [6.07, 6.45) is 3.93. The highest BCUT2D eigenvalue weighted by Crippen LogP contribution is 2.39. The third-order valence-electron chi connectivity index (χ3n) is 2.87. The van der Waals surface area contributed by atoms with Crippen LogP contribution in [-0.4, -0.2) is 35.2 Å². The van der Waals surface area contributed by atoms with Gasteiger partial charge in [0.1, 0.15) is 0 Å². The lowest BCUT2D eigenvalue weighted by atomic mass is 10.0. The van der Waals surface area contributed by atoms with Crippen LogP contribution in [0.3, 0.4) is 0 Å². The van der Waals surface area contributed by atoms with Crippen molar-refractivity contribution in [1.29, 1.82) is 0 Å². The van der Waals surface area contributed by atoms with Gasteiger partial charge in [0.25, 0.3) is 0 Å². The van der Waals surface area contributed by atoms with E-state index in [9.17, 15) is 4.79 Å². The van der Waals surface area contributed by atoms with Crippen molar-refractivity contribution in [2.45, 2.75) is 24.1 Å². The lowest BCUT2D eigenvalue weighted by molar-refractivity contribution is -0.140. The Morgan fingerprint density at radius 1 is 1.46 bits per heavy atom. The van der Waals surface area contributed by atoms with Crippen LogP contribution in [0.15, 0.2) is 11.1 Å². The molecule has 70 valence electrons. The summed E-state index contributed by atoms with van der Waals surface area (Å²) in [5, 5.41) is 4.00. The number of hydrogen-bond donors (Lipinski definition) is 1. The molecule has 0 aromatic heterocycles. The number of carbonyl (C=O) groups excluding carboxylic acids is 1. The zero-order valence-electron chi connectivity index (χ0n) is 7.32. The number of amides is 1. The molecule has 0 aliphatic carbocycles. The number of nitrogens with one attached hydrogen (secondary N) is 1. The molecule has 1 atom stereocenters. The van der Waals surface area contributed by atoms with Crippen molar-refractivity contribution in [3.63, 3.8) is 0 Å². The van der Waals surface area contributed by atoms with Gasteiger partial charge in [-0.25, -0.2) is 0 Å². The van der Waals surface area contributed by atoms with Crippen molar-refractivity contribution in [2.75, 3.05) is 13.1 Å². The molecule has 0 spiro atoms. The first-order chi connectivity index (χ1) is 6.33. The molecule has 0 aromatic carbocycles. The molecular formula is C9H12N2OS. The van der Waals surface area contributed by atoms with E-state index in [1.165, 1.54) is 4.91 Å². The summed E-state index contributed by atoms with van der Waals surface area (Å²) in [5.41, 5.74) is 0. The van der Waals surface area contributed by atoms with E-state index in [0.717, 1.165) is 31.2 Å². The Morgan fingerprint density at radius 2 is 2.31 bits per heavy atom. The second kappa shape index (κ2) is 2.75. The largest absolute Gasteiger partial charge is 0.314 e. The van der Waals surface area contributed by atoms with Crippen LogP contribution in [-0.2, 0) is 4.79 Å². The molecule has 4 heteroatoms. The summed E-state index contributed by atoms with van der Waals surface area (Å²) >= 11 is 1.95. The van der Waals surface area contributed by atoms with E-state index < -0.39 is 0 Å². The summed E-state index contributed by atoms with van der Waals surface area (Å²) in [6, 6.07) is 0.517. The van der Waals surface area contributed by atoms with E-state index in [1.54, 1.807) is 0 Å². The van der Waals surface area contributed by atoms with Gasteiger partial charge in [-0.2, -0.15) is 0 Å². The quantitative estimate of drug-likeness (QED) is 0.654. The molecule has 3 nitrogen and oxygen atoms in total. The Hall–Kier alpha value is -0.480. The zero-order valence-corrected chi connectivity index (χ0v) is 8.14. The highest BCUT2D eigenvalue weighted by atomic mass is 32.2. The molecule has 1 N–H and O–H groups in total. The first-order valence-electron chi connectivity index (χ1n) is 4.72. The van der Waals surface area contributed by atoms with Crippen molar-refractivity contribution >= 4 is 17.7 Å². The number of carbonyl (C=O) groups is 1. The molecule has 3 aliphatic heterocycles. The van der Waals surface area contributed by atoms with Crippen LogP contribution < -0.4 is 5.32 Å². The summed E-state index contributed by atoms with van der Waals surface area (Å²) in [7, 11) is 0. The molecule has 0 saturated carbocycles. The molecule has 1 amide bonds. The van der Waals surface area contributed by atoms with E-state index in [1.807, 2.05) is 16.7 Å². The minimum Gasteiger partial charge on any atom is -0.314 e. The van der Waals surface area contributed by atoms with E-state index in [-0.39, 0.29) is 0 Å². The monoisotopic (exact) mass is 196 g/mol. The van der Waals surface area contributed by atoms with Crippen LogP contribution in [0.5, 0.6) is 0 Å². The fourth-order valence-corrected chi connectivity index (χ4v) is 3.22. The van der Waals surface area contributed by atoms with E-state index in [2.05, 4.69) is 11.5 Å². The van der Waals surface area contributed by atoms with Crippen molar-refractivity contribution in [2.24, 2.45) is 0 Å². The normalized spacial score (nSPS) is 32.3. The summed E-state index contributed by atoms with van der Waals surface area (Å²) < 4.78 is 0. The van der Waals surface area contributed by atoms with Gasteiger partial charge in [-0.3, -0.25) is 4.79 Å². The van der Waals surface area contributed by atoms with E-state index in [4.69, 9.17) is 0 Å². The maximum Gasteiger partial charge on any atom is 0.228 e. The summed E-state index contributed by atoms with van der Waals surface area (Å²) in [6.45, 7) is 2.25. The fourth-order valence-electron chi connectivity index (χ4n) is 1.92. The Balaban J connectivity index is 1.62. The molecule has 0 radical (unpaired) electrons. The number of β-lactam (4-membered cyclic amide) rings is 1. The average molecular weight is 196 g/mol. The van der Waals surface area contributed by atoms with Gasteiger partial charge in [0.05, 0.1) is 0 Å². The lowest BCUT2D eigenvalue weighted by Gasteiger charge is -2.32. The molecule has 3 heterocycles. The van der Waals surface area contributed by atoms with Crippen LogP contribution in [0.1, 0.15) is 12.8 Å². The van der Waals surface area contributed by atoms with Crippen molar-refractivity contribution in [1.82, 2.24) is 10.2 Å². The summed E-state index contributed by atoms with van der Waals surface area (Å²) in [5.74, 6) is 0.298. The van der Waals surface area contributed by atoms with Gasteiger partial charge in [0.2, 0.25) is 5.91 Å². The second-order valence-electron chi connectivity index (χ2n) is 3.86. The summed E-state index contributed by atoms with van der Waals surface area (Å²) in [4.78, 5) is 14.4. The van der Waals surface area contributed by atoms with Gasteiger partial charge in [-0.15, -0.1) is 11.8 Å². The van der Waals surface area contributed by atoms with Crippen LogP contribution in [0.2, 0.25) is 0 Å². The van der Waals surface area contributed by atoms with E-state index in [0.29, 0.717) is 11.9 Å². The van der Waals surface area contributed by atoms with Crippen molar-refractivity contribution in [3.05, 3.63) is 11.1 Å².